The van der Waals surface area contributed by atoms with Gasteiger partial charge in [0.15, 0.2) is 0 Å². The number of nitrogens with one attached hydrogen (secondary N) is 2. The van der Waals surface area contributed by atoms with Gasteiger partial charge in [-0.1, -0.05) is 73.5 Å². The molecule has 3 aromatic carbocycles. The molecule has 4 atom stereocenters. The van der Waals surface area contributed by atoms with Crippen LogP contribution in [0.15, 0.2) is 60.7 Å². The molecule has 0 bridgehead atoms. The largest absolute Gasteiger partial charge is 0.389 e. The number of Topliss-reactive ketones (excluding diaryl/α,β-unsaturated/α-hetero) is 1. The van der Waals surface area contributed by atoms with Gasteiger partial charge in [-0.3, -0.25) is 14.4 Å². The minimum Gasteiger partial charge on any atom is -0.389 e. The van der Waals surface area contributed by atoms with Crippen molar-refractivity contribution in [2.24, 2.45) is 11.8 Å². The second kappa shape index (κ2) is 11.4. The molecule has 0 aliphatic heterocycles. The van der Waals surface area contributed by atoms with Crippen LogP contribution in [0.3, 0.4) is 0 Å². The first-order valence-corrected chi connectivity index (χ1v) is 13.9. The zero-order chi connectivity index (χ0) is 29.4. The lowest BCUT2D eigenvalue weighted by molar-refractivity contribution is -0.150. The molecular weight excluding hydrogens is 500 g/mol. The Labute approximate surface area is 237 Å². The summed E-state index contributed by atoms with van der Waals surface area (Å²) in [6.45, 7) is 13.5. The topological polar surface area (TPSA) is 95.5 Å². The van der Waals surface area contributed by atoms with Crippen LogP contribution in [0, 0.1) is 39.5 Å². The molecule has 210 valence electrons. The van der Waals surface area contributed by atoms with Gasteiger partial charge < -0.3 is 15.7 Å². The van der Waals surface area contributed by atoms with E-state index in [-0.39, 0.29) is 18.1 Å². The molecule has 1 saturated carbocycles. The third kappa shape index (κ3) is 6.02. The minimum absolute atomic E-state index is 0.289. The summed E-state index contributed by atoms with van der Waals surface area (Å²) in [5, 5.41) is 17.5. The number of carbonyl (C=O) groups is 3. The smallest absolute Gasteiger partial charge is 0.235 e. The molecule has 3 N–H and O–H groups in total. The molecule has 4 rings (SSSR count). The van der Waals surface area contributed by atoms with E-state index in [1.165, 1.54) is 6.92 Å². The van der Waals surface area contributed by atoms with Gasteiger partial charge in [-0.05, 0) is 74.9 Å². The first kappa shape index (κ1) is 29.2. The first-order chi connectivity index (χ1) is 18.8. The average Bonchev–Trinajstić information content (AvgIpc) is 2.86. The standard InChI is InChI=1S/C34H40N2O4/c1-19(2)24-10-12-25(13-11-24)29-30(32(38)35-26-14-8-20(3)16-22(26)5)28(37)18-34(7,40)31(29)33(39)36-27-15-9-21(4)17-23(27)6/h8-17,19,29-31,40H,18H2,1-7H3,(H,35,38)(H,36,39). The quantitative estimate of drug-likeness (QED) is 0.317. The summed E-state index contributed by atoms with van der Waals surface area (Å²) < 4.78 is 0. The second-order valence-electron chi connectivity index (χ2n) is 11.9. The van der Waals surface area contributed by atoms with E-state index in [9.17, 15) is 19.5 Å². The van der Waals surface area contributed by atoms with Crippen LogP contribution >= 0.6 is 0 Å². The predicted molar refractivity (Wildman–Crippen MR) is 160 cm³/mol. The SMILES string of the molecule is Cc1ccc(NC(=O)C2C(=O)CC(C)(O)C(C(=O)Nc3ccc(C)cc3C)C2c2ccc(C(C)C)cc2)c(C)c1. The fourth-order valence-electron chi connectivity index (χ4n) is 5.92. The van der Waals surface area contributed by atoms with Gasteiger partial charge in [0.2, 0.25) is 11.8 Å². The summed E-state index contributed by atoms with van der Waals surface area (Å²) >= 11 is 0. The van der Waals surface area contributed by atoms with Gasteiger partial charge in [-0.2, -0.15) is 0 Å². The van der Waals surface area contributed by atoms with Gasteiger partial charge in [0, 0.05) is 23.7 Å². The van der Waals surface area contributed by atoms with Crippen molar-refractivity contribution < 1.29 is 19.5 Å². The van der Waals surface area contributed by atoms with Crippen LogP contribution in [-0.2, 0) is 14.4 Å². The van der Waals surface area contributed by atoms with Crippen molar-refractivity contribution in [3.8, 4) is 0 Å². The molecule has 0 spiro atoms. The Kier molecular flexibility index (Phi) is 8.31. The van der Waals surface area contributed by atoms with Crippen molar-refractivity contribution in [1.82, 2.24) is 0 Å². The van der Waals surface area contributed by atoms with Crippen LogP contribution < -0.4 is 10.6 Å². The van der Waals surface area contributed by atoms with Crippen LogP contribution in [0.2, 0.25) is 0 Å². The Morgan fingerprint density at radius 2 is 1.32 bits per heavy atom. The van der Waals surface area contributed by atoms with E-state index in [4.69, 9.17) is 0 Å². The van der Waals surface area contributed by atoms with E-state index in [0.29, 0.717) is 16.9 Å². The Balaban J connectivity index is 1.79. The third-order valence-corrected chi connectivity index (χ3v) is 8.10. The van der Waals surface area contributed by atoms with Crippen LogP contribution in [-0.4, -0.2) is 28.3 Å². The van der Waals surface area contributed by atoms with E-state index in [0.717, 1.165) is 27.8 Å². The number of anilines is 2. The number of rotatable bonds is 6. The zero-order valence-electron chi connectivity index (χ0n) is 24.5. The number of aryl methyl sites for hydroxylation is 4. The highest BCUT2D eigenvalue weighted by Crippen LogP contribution is 2.47. The number of aliphatic hydroxyl groups is 1. The molecule has 1 aliphatic rings. The molecule has 6 heteroatoms. The van der Waals surface area contributed by atoms with Gasteiger partial charge in [0.1, 0.15) is 11.7 Å². The highest BCUT2D eigenvalue weighted by molar-refractivity contribution is 6.10. The Morgan fingerprint density at radius 3 is 1.80 bits per heavy atom. The maximum Gasteiger partial charge on any atom is 0.235 e. The first-order valence-electron chi connectivity index (χ1n) is 13.9. The number of hydrogen-bond donors (Lipinski definition) is 3. The summed E-state index contributed by atoms with van der Waals surface area (Å²) in [5.41, 5.74) is 5.26. The van der Waals surface area contributed by atoms with Gasteiger partial charge >= 0.3 is 0 Å². The normalized spacial score (nSPS) is 22.7. The number of benzene rings is 3. The molecular formula is C34H40N2O4. The Bertz CT molecular complexity index is 1440. The maximum atomic E-state index is 14.0. The number of hydrogen-bond acceptors (Lipinski definition) is 4. The van der Waals surface area contributed by atoms with Crippen molar-refractivity contribution in [1.29, 1.82) is 0 Å². The molecule has 0 saturated heterocycles. The highest BCUT2D eigenvalue weighted by Gasteiger charge is 2.56. The number of carbonyl (C=O) groups excluding carboxylic acids is 3. The summed E-state index contributed by atoms with van der Waals surface area (Å²) in [5.74, 6) is -4.07. The summed E-state index contributed by atoms with van der Waals surface area (Å²) in [4.78, 5) is 41.5. The summed E-state index contributed by atoms with van der Waals surface area (Å²) in [6.07, 6.45) is -0.302. The molecule has 6 nitrogen and oxygen atoms in total. The second-order valence-corrected chi connectivity index (χ2v) is 11.9. The van der Waals surface area contributed by atoms with Crippen molar-refractivity contribution >= 4 is 29.0 Å². The Morgan fingerprint density at radius 1 is 0.825 bits per heavy atom. The van der Waals surface area contributed by atoms with E-state index in [1.54, 1.807) is 0 Å². The van der Waals surface area contributed by atoms with Crippen molar-refractivity contribution in [2.45, 2.75) is 72.3 Å². The molecule has 4 unspecified atom stereocenters. The molecule has 40 heavy (non-hydrogen) atoms. The molecule has 0 heterocycles. The van der Waals surface area contributed by atoms with Crippen molar-refractivity contribution in [3.05, 3.63) is 94.0 Å². The third-order valence-electron chi connectivity index (χ3n) is 8.10. The lowest BCUT2D eigenvalue weighted by Crippen LogP contribution is -2.56. The molecule has 1 aliphatic carbocycles. The van der Waals surface area contributed by atoms with Crippen LogP contribution in [0.1, 0.15) is 72.4 Å². The van der Waals surface area contributed by atoms with Crippen molar-refractivity contribution in [2.75, 3.05) is 10.6 Å². The lowest BCUT2D eigenvalue weighted by atomic mass is 9.61. The molecule has 0 aromatic heterocycles. The molecule has 2 amide bonds. The fourth-order valence-corrected chi connectivity index (χ4v) is 5.92. The number of ketones is 1. The maximum absolute atomic E-state index is 14.0. The predicted octanol–water partition coefficient (Wildman–Crippen LogP) is 6.36. The van der Waals surface area contributed by atoms with Gasteiger partial charge in [-0.25, -0.2) is 0 Å². The monoisotopic (exact) mass is 540 g/mol. The van der Waals surface area contributed by atoms with Crippen LogP contribution in [0.4, 0.5) is 11.4 Å². The van der Waals surface area contributed by atoms with Gasteiger partial charge in [0.05, 0.1) is 11.5 Å². The zero-order valence-corrected chi connectivity index (χ0v) is 24.5. The average molecular weight is 541 g/mol. The van der Waals surface area contributed by atoms with Gasteiger partial charge in [-0.15, -0.1) is 0 Å². The van der Waals surface area contributed by atoms with Crippen LogP contribution in [0.5, 0.6) is 0 Å². The Hall–Kier alpha value is -3.77. The van der Waals surface area contributed by atoms with E-state index >= 15 is 0 Å². The lowest BCUT2D eigenvalue weighted by Gasteiger charge is -2.44. The van der Waals surface area contributed by atoms with Crippen LogP contribution in [0.25, 0.3) is 0 Å². The fraction of sp³-hybridized carbons (Fsp3) is 0.382. The van der Waals surface area contributed by atoms with Crippen molar-refractivity contribution in [3.63, 3.8) is 0 Å². The van der Waals surface area contributed by atoms with Gasteiger partial charge in [0.25, 0.3) is 0 Å². The molecule has 0 radical (unpaired) electrons. The van der Waals surface area contributed by atoms with E-state index in [1.807, 2.05) is 88.4 Å². The van der Waals surface area contributed by atoms with E-state index < -0.39 is 35.2 Å². The minimum atomic E-state index is -1.66. The summed E-state index contributed by atoms with van der Waals surface area (Å²) in [6, 6.07) is 19.1. The molecule has 3 aromatic rings. The molecule has 1 fully saturated rings. The number of amides is 2. The van der Waals surface area contributed by atoms with E-state index in [2.05, 4.69) is 24.5 Å². The summed E-state index contributed by atoms with van der Waals surface area (Å²) in [7, 11) is 0. The highest BCUT2D eigenvalue weighted by atomic mass is 16.3.